The van der Waals surface area contributed by atoms with Crippen LogP contribution in [0.1, 0.15) is 17.3 Å². The average Bonchev–Trinajstić information content (AvgIpc) is 2.56. The zero-order valence-corrected chi connectivity index (χ0v) is 15.3. The molecule has 1 aromatic carbocycles. The molecule has 8 nitrogen and oxygen atoms in total. The number of nitrogens with one attached hydrogen (secondary N) is 1. The van der Waals surface area contributed by atoms with Crippen molar-refractivity contribution >= 4 is 58.2 Å². The number of carbonyl (C=O) groups is 2. The van der Waals surface area contributed by atoms with E-state index in [1.165, 1.54) is 25.3 Å². The first-order valence-corrected chi connectivity index (χ1v) is 8.09. The summed E-state index contributed by atoms with van der Waals surface area (Å²) in [6.07, 6.45) is -0.00988. The van der Waals surface area contributed by atoms with Crippen molar-refractivity contribution in [3.8, 4) is 0 Å². The number of halogens is 3. The molecule has 11 heteroatoms. The van der Waals surface area contributed by atoms with Crippen LogP contribution in [-0.4, -0.2) is 27.9 Å². The summed E-state index contributed by atoms with van der Waals surface area (Å²) in [6, 6.07) is 4.80. The van der Waals surface area contributed by atoms with Crippen LogP contribution in [-0.2, 0) is 9.53 Å². The van der Waals surface area contributed by atoms with Crippen LogP contribution in [0.2, 0.25) is 15.1 Å². The van der Waals surface area contributed by atoms with E-state index in [4.69, 9.17) is 39.5 Å². The molecule has 0 aliphatic heterocycles. The third-order valence-corrected chi connectivity index (χ3v) is 3.81. The van der Waals surface area contributed by atoms with Gasteiger partial charge in [0.25, 0.3) is 11.6 Å². The third kappa shape index (κ3) is 4.81. The molecule has 0 spiro atoms. The Morgan fingerprint density at radius 1 is 1.23 bits per heavy atom. The van der Waals surface area contributed by atoms with E-state index >= 15 is 0 Å². The van der Waals surface area contributed by atoms with Crippen LogP contribution in [0.25, 0.3) is 0 Å². The van der Waals surface area contributed by atoms with Crippen LogP contribution < -0.4 is 5.32 Å². The lowest BCUT2D eigenvalue weighted by molar-refractivity contribution is -0.385. The lowest BCUT2D eigenvalue weighted by Gasteiger charge is -2.14. The summed E-state index contributed by atoms with van der Waals surface area (Å²) in [5.74, 6) is -1.78. The molecule has 1 heterocycles. The Morgan fingerprint density at radius 3 is 2.54 bits per heavy atom. The lowest BCUT2D eigenvalue weighted by atomic mass is 10.2. The van der Waals surface area contributed by atoms with Crippen molar-refractivity contribution in [2.24, 2.45) is 0 Å². The van der Waals surface area contributed by atoms with E-state index < -0.39 is 28.6 Å². The van der Waals surface area contributed by atoms with Crippen LogP contribution in [0, 0.1) is 10.1 Å². The zero-order chi connectivity index (χ0) is 19.4. The van der Waals surface area contributed by atoms with E-state index in [0.717, 1.165) is 12.1 Å². The highest BCUT2D eigenvalue weighted by molar-refractivity contribution is 6.36. The molecule has 0 saturated carbocycles. The maximum absolute atomic E-state index is 12.2. The maximum atomic E-state index is 12.2. The molecule has 1 aromatic heterocycles. The van der Waals surface area contributed by atoms with Crippen LogP contribution in [0.4, 0.5) is 11.5 Å². The number of anilines is 1. The number of benzene rings is 1. The number of pyridine rings is 1. The van der Waals surface area contributed by atoms with Gasteiger partial charge in [-0.05, 0) is 25.1 Å². The summed E-state index contributed by atoms with van der Waals surface area (Å²) in [4.78, 5) is 38.4. The van der Waals surface area contributed by atoms with E-state index in [2.05, 4.69) is 10.3 Å². The number of aromatic nitrogens is 1. The Labute approximate surface area is 162 Å². The molecule has 136 valence electrons. The van der Waals surface area contributed by atoms with Crippen molar-refractivity contribution in [3.05, 3.63) is 61.2 Å². The summed E-state index contributed by atoms with van der Waals surface area (Å²) in [5.41, 5.74) is -0.862. The number of hydrogen-bond donors (Lipinski definition) is 1. The third-order valence-electron chi connectivity index (χ3n) is 3.08. The summed E-state index contributed by atoms with van der Waals surface area (Å²) in [7, 11) is 0. The molecule has 26 heavy (non-hydrogen) atoms. The fourth-order valence-electron chi connectivity index (χ4n) is 1.83. The van der Waals surface area contributed by atoms with Crippen molar-refractivity contribution in [1.29, 1.82) is 0 Å². The molecule has 1 unspecified atom stereocenters. The Bertz CT molecular complexity index is 891. The fraction of sp³-hybridized carbons (Fsp3) is 0.133. The Kier molecular flexibility index (Phi) is 6.36. The molecule has 0 bridgehead atoms. The molecule has 0 aliphatic rings. The van der Waals surface area contributed by atoms with E-state index in [0.29, 0.717) is 0 Å². The summed E-state index contributed by atoms with van der Waals surface area (Å²) in [5, 5.41) is 13.8. The second-order valence-corrected chi connectivity index (χ2v) is 6.22. The largest absolute Gasteiger partial charge is 0.449 e. The normalized spacial score (nSPS) is 11.5. The molecule has 1 amide bonds. The van der Waals surface area contributed by atoms with E-state index in [1.54, 1.807) is 0 Å². The minimum atomic E-state index is -1.28. The second kappa shape index (κ2) is 8.31. The highest BCUT2D eigenvalue weighted by atomic mass is 35.5. The van der Waals surface area contributed by atoms with Gasteiger partial charge in [0.2, 0.25) is 0 Å². The molecule has 0 radical (unpaired) electrons. The SMILES string of the molecule is CC(OC(=O)c1cc(Cl)ccc1[N+](=O)[O-])C(=O)Nc1ncc(Cl)cc1Cl. The first-order valence-electron chi connectivity index (χ1n) is 6.96. The minimum Gasteiger partial charge on any atom is -0.449 e. The standard InChI is InChI=1S/C15H10Cl3N3O5/c1-7(14(22)20-13-11(18)5-9(17)6-19-13)26-15(23)10-4-8(16)2-3-12(10)21(24)25/h2-7H,1H3,(H,19,20,22). The maximum Gasteiger partial charge on any atom is 0.345 e. The van der Waals surface area contributed by atoms with Crippen molar-refractivity contribution < 1.29 is 19.2 Å². The molecule has 2 rings (SSSR count). The monoisotopic (exact) mass is 417 g/mol. The zero-order valence-electron chi connectivity index (χ0n) is 13.0. The van der Waals surface area contributed by atoms with Gasteiger partial charge in [0.15, 0.2) is 11.9 Å². The molecule has 1 atom stereocenters. The van der Waals surface area contributed by atoms with Crippen LogP contribution in [0.15, 0.2) is 30.5 Å². The highest BCUT2D eigenvalue weighted by Gasteiger charge is 2.26. The Hall–Kier alpha value is -2.42. The molecule has 2 aromatic rings. The molecule has 0 aliphatic carbocycles. The number of rotatable bonds is 5. The predicted molar refractivity (Wildman–Crippen MR) is 95.9 cm³/mol. The van der Waals surface area contributed by atoms with Crippen molar-refractivity contribution in [2.45, 2.75) is 13.0 Å². The van der Waals surface area contributed by atoms with Gasteiger partial charge in [-0.15, -0.1) is 0 Å². The second-order valence-electron chi connectivity index (χ2n) is 4.94. The van der Waals surface area contributed by atoms with Gasteiger partial charge in [-0.2, -0.15) is 0 Å². The number of nitro groups is 1. The summed E-state index contributed by atoms with van der Waals surface area (Å²) >= 11 is 17.4. The smallest absolute Gasteiger partial charge is 0.345 e. The fourth-order valence-corrected chi connectivity index (χ4v) is 2.43. The number of nitrogens with zero attached hydrogens (tertiary/aromatic N) is 2. The summed E-state index contributed by atoms with van der Waals surface area (Å²) < 4.78 is 4.97. The molecule has 1 N–H and O–H groups in total. The van der Waals surface area contributed by atoms with Gasteiger partial charge < -0.3 is 10.1 Å². The number of ether oxygens (including phenoxy) is 1. The van der Waals surface area contributed by atoms with Gasteiger partial charge >= 0.3 is 5.97 Å². The average molecular weight is 419 g/mol. The number of hydrogen-bond acceptors (Lipinski definition) is 6. The van der Waals surface area contributed by atoms with E-state index in [9.17, 15) is 19.7 Å². The number of amides is 1. The van der Waals surface area contributed by atoms with Gasteiger partial charge in [0.05, 0.1) is 15.0 Å². The van der Waals surface area contributed by atoms with Crippen molar-refractivity contribution in [2.75, 3.05) is 5.32 Å². The summed E-state index contributed by atoms with van der Waals surface area (Å²) in [6.45, 7) is 1.29. The van der Waals surface area contributed by atoms with Crippen LogP contribution >= 0.6 is 34.8 Å². The van der Waals surface area contributed by atoms with Crippen LogP contribution in [0.3, 0.4) is 0 Å². The quantitative estimate of drug-likeness (QED) is 0.444. The van der Waals surface area contributed by atoms with Crippen molar-refractivity contribution in [1.82, 2.24) is 4.98 Å². The molecule has 0 saturated heterocycles. The number of esters is 1. The van der Waals surface area contributed by atoms with E-state index in [1.807, 2.05) is 0 Å². The molecular weight excluding hydrogens is 409 g/mol. The Morgan fingerprint density at radius 2 is 1.92 bits per heavy atom. The number of nitro benzene ring substituents is 1. The predicted octanol–water partition coefficient (Wildman–Crippen LogP) is 4.13. The van der Waals surface area contributed by atoms with Gasteiger partial charge in [-0.3, -0.25) is 14.9 Å². The van der Waals surface area contributed by atoms with Crippen molar-refractivity contribution in [3.63, 3.8) is 0 Å². The lowest BCUT2D eigenvalue weighted by Crippen LogP contribution is -2.30. The first-order chi connectivity index (χ1) is 12.2. The Balaban J connectivity index is 2.12. The molecule has 0 fully saturated rings. The van der Waals surface area contributed by atoms with Gasteiger partial charge in [-0.25, -0.2) is 9.78 Å². The van der Waals surface area contributed by atoms with Gasteiger partial charge in [0, 0.05) is 17.3 Å². The minimum absolute atomic E-state index is 0.0256. The van der Waals surface area contributed by atoms with Gasteiger partial charge in [0.1, 0.15) is 5.56 Å². The molecular formula is C15H10Cl3N3O5. The topological polar surface area (TPSA) is 111 Å². The first kappa shape index (κ1) is 19.9. The van der Waals surface area contributed by atoms with E-state index in [-0.39, 0.29) is 26.4 Å². The van der Waals surface area contributed by atoms with Crippen LogP contribution in [0.5, 0.6) is 0 Å². The number of carbonyl (C=O) groups excluding carboxylic acids is 2. The highest BCUT2D eigenvalue weighted by Crippen LogP contribution is 2.25. The van der Waals surface area contributed by atoms with Gasteiger partial charge in [-0.1, -0.05) is 34.8 Å².